The van der Waals surface area contributed by atoms with Gasteiger partial charge in [-0.25, -0.2) is 9.59 Å². The van der Waals surface area contributed by atoms with Gasteiger partial charge in [-0.2, -0.15) is 0 Å². The number of hydrogen-bond donors (Lipinski definition) is 4. The van der Waals surface area contributed by atoms with Gasteiger partial charge < -0.3 is 20.5 Å². The molecule has 0 aromatic heterocycles. The fraction of sp³-hybridized carbons (Fsp3) is 0.400. The molecular weight excluding hydrogens is 302 g/mol. The third kappa shape index (κ3) is 8.30. The maximum absolute atomic E-state index is 11.6. The van der Waals surface area contributed by atoms with Crippen molar-refractivity contribution in [3.8, 4) is 0 Å². The number of hydrogen-bond acceptors (Lipinski definition) is 4. The molecule has 0 aliphatic rings. The van der Waals surface area contributed by atoms with Crippen LogP contribution in [0.4, 0.5) is 15.3 Å². The number of carbonyl (C=O) groups excluding carboxylic acids is 2. The van der Waals surface area contributed by atoms with Crippen LogP contribution in [-0.2, 0) is 16.1 Å². The molecule has 1 rings (SSSR count). The molecule has 0 unspecified atom stereocenters. The van der Waals surface area contributed by atoms with Gasteiger partial charge in [-0.15, -0.1) is 0 Å². The number of benzene rings is 1. The lowest BCUT2D eigenvalue weighted by molar-refractivity contribution is -0.135. The first kappa shape index (κ1) is 18.3. The molecule has 8 nitrogen and oxygen atoms in total. The zero-order valence-electron chi connectivity index (χ0n) is 13.3. The Balaban J connectivity index is 2.43. The Morgan fingerprint density at radius 1 is 1.09 bits per heavy atom. The number of nitrogens with one attached hydrogen (secondary N) is 3. The van der Waals surface area contributed by atoms with Crippen molar-refractivity contribution in [3.05, 3.63) is 29.8 Å². The quantitative estimate of drug-likeness (QED) is 0.660. The first-order valence-corrected chi connectivity index (χ1v) is 6.98. The highest BCUT2D eigenvalue weighted by Crippen LogP contribution is 2.12. The predicted molar refractivity (Wildman–Crippen MR) is 84.2 cm³/mol. The van der Waals surface area contributed by atoms with Crippen LogP contribution in [0, 0.1) is 0 Å². The molecule has 0 atom stereocenters. The smallest absolute Gasteiger partial charge is 0.412 e. The van der Waals surface area contributed by atoms with Gasteiger partial charge in [-0.05, 0) is 38.5 Å². The molecule has 8 heteroatoms. The number of aliphatic carboxylic acids is 1. The second kappa shape index (κ2) is 8.02. The monoisotopic (exact) mass is 323 g/mol. The molecule has 1 aromatic carbocycles. The summed E-state index contributed by atoms with van der Waals surface area (Å²) in [5, 5.41) is 15.7. The van der Waals surface area contributed by atoms with Gasteiger partial charge in [0.1, 0.15) is 12.1 Å². The number of urea groups is 1. The fourth-order valence-electron chi connectivity index (χ4n) is 1.53. The van der Waals surface area contributed by atoms with Gasteiger partial charge in [-0.3, -0.25) is 10.1 Å². The van der Waals surface area contributed by atoms with Crippen molar-refractivity contribution >= 4 is 23.8 Å². The van der Waals surface area contributed by atoms with E-state index in [2.05, 4.69) is 16.0 Å². The number of carbonyl (C=O) groups is 3. The van der Waals surface area contributed by atoms with Crippen LogP contribution >= 0.6 is 0 Å². The number of anilines is 1. The third-order valence-corrected chi connectivity index (χ3v) is 2.45. The van der Waals surface area contributed by atoms with Crippen molar-refractivity contribution in [3.63, 3.8) is 0 Å². The lowest BCUT2D eigenvalue weighted by atomic mass is 10.2. The predicted octanol–water partition coefficient (Wildman–Crippen LogP) is 1.92. The van der Waals surface area contributed by atoms with Crippen LogP contribution < -0.4 is 16.0 Å². The number of carboxylic acids is 1. The molecule has 0 heterocycles. The van der Waals surface area contributed by atoms with Crippen LogP contribution in [-0.4, -0.2) is 35.3 Å². The first-order chi connectivity index (χ1) is 10.7. The summed E-state index contributed by atoms with van der Waals surface area (Å²) in [5.41, 5.74) is 0.792. The molecular formula is C15H21N3O5. The Labute approximate surface area is 134 Å². The van der Waals surface area contributed by atoms with Crippen LogP contribution in [0.25, 0.3) is 0 Å². The molecule has 126 valence electrons. The second-order valence-electron chi connectivity index (χ2n) is 5.75. The maximum Gasteiger partial charge on any atom is 0.412 e. The molecule has 4 N–H and O–H groups in total. The summed E-state index contributed by atoms with van der Waals surface area (Å²) in [6, 6.07) is 6.24. The van der Waals surface area contributed by atoms with Gasteiger partial charge in [0.25, 0.3) is 0 Å². The van der Waals surface area contributed by atoms with E-state index >= 15 is 0 Å². The zero-order valence-corrected chi connectivity index (χ0v) is 13.3. The van der Waals surface area contributed by atoms with Gasteiger partial charge >= 0.3 is 18.1 Å². The van der Waals surface area contributed by atoms with Gasteiger partial charge in [0.2, 0.25) is 0 Å². The van der Waals surface area contributed by atoms with Gasteiger partial charge in [0.05, 0.1) is 0 Å². The van der Waals surface area contributed by atoms with Crippen LogP contribution in [0.1, 0.15) is 26.3 Å². The van der Waals surface area contributed by atoms with E-state index in [0.29, 0.717) is 5.69 Å². The lowest BCUT2D eigenvalue weighted by Crippen LogP contribution is -2.37. The second-order valence-corrected chi connectivity index (χ2v) is 5.75. The van der Waals surface area contributed by atoms with Crippen LogP contribution in [0.3, 0.4) is 0 Å². The van der Waals surface area contributed by atoms with Crippen LogP contribution in [0.15, 0.2) is 24.3 Å². The largest absolute Gasteiger partial charge is 0.480 e. The van der Waals surface area contributed by atoms with E-state index in [0.717, 1.165) is 5.56 Å². The molecule has 23 heavy (non-hydrogen) atoms. The highest BCUT2D eigenvalue weighted by atomic mass is 16.6. The molecule has 0 radical (unpaired) electrons. The Morgan fingerprint density at radius 3 is 2.22 bits per heavy atom. The zero-order chi connectivity index (χ0) is 17.5. The summed E-state index contributed by atoms with van der Waals surface area (Å²) in [6.45, 7) is 5.12. The van der Waals surface area contributed by atoms with E-state index in [1.54, 1.807) is 45.0 Å². The van der Waals surface area contributed by atoms with Crippen molar-refractivity contribution in [1.29, 1.82) is 0 Å². The first-order valence-electron chi connectivity index (χ1n) is 6.98. The highest BCUT2D eigenvalue weighted by molar-refractivity contribution is 5.84. The Kier molecular flexibility index (Phi) is 6.37. The van der Waals surface area contributed by atoms with E-state index in [1.807, 2.05) is 0 Å². The molecule has 0 saturated heterocycles. The van der Waals surface area contributed by atoms with Crippen molar-refractivity contribution in [2.75, 3.05) is 11.9 Å². The number of carboxylic acid groups (broad SMARTS) is 1. The minimum atomic E-state index is -1.11. The van der Waals surface area contributed by atoms with Gasteiger partial charge in [-0.1, -0.05) is 12.1 Å². The molecule has 0 bridgehead atoms. The molecule has 0 saturated carbocycles. The Hall–Kier alpha value is -2.77. The summed E-state index contributed by atoms with van der Waals surface area (Å²) in [6.07, 6.45) is -0.545. The minimum absolute atomic E-state index is 0.234. The summed E-state index contributed by atoms with van der Waals surface area (Å²) in [7, 11) is 0. The molecule has 1 aromatic rings. The van der Waals surface area contributed by atoms with Crippen LogP contribution in [0.5, 0.6) is 0 Å². The molecule has 0 spiro atoms. The topological polar surface area (TPSA) is 117 Å². The number of amides is 3. The Morgan fingerprint density at radius 2 is 1.70 bits per heavy atom. The summed E-state index contributed by atoms with van der Waals surface area (Å²) in [5.74, 6) is -1.11. The number of rotatable bonds is 5. The summed E-state index contributed by atoms with van der Waals surface area (Å²) >= 11 is 0. The van der Waals surface area contributed by atoms with Crippen molar-refractivity contribution in [1.82, 2.24) is 10.6 Å². The molecule has 0 aliphatic carbocycles. The van der Waals surface area contributed by atoms with Crippen molar-refractivity contribution < 1.29 is 24.2 Å². The molecule has 3 amide bonds. The maximum atomic E-state index is 11.6. The summed E-state index contributed by atoms with van der Waals surface area (Å²) < 4.78 is 5.13. The van der Waals surface area contributed by atoms with Crippen molar-refractivity contribution in [2.24, 2.45) is 0 Å². The fourth-order valence-corrected chi connectivity index (χ4v) is 1.53. The van der Waals surface area contributed by atoms with E-state index < -0.39 is 30.2 Å². The molecule has 0 aliphatic heterocycles. The Bertz CT molecular complexity index is 563. The van der Waals surface area contributed by atoms with E-state index in [9.17, 15) is 14.4 Å². The SMILES string of the molecule is CC(C)(C)OC(=O)Nc1ccc(CNC(=O)NCC(=O)O)cc1. The summed E-state index contributed by atoms with van der Waals surface area (Å²) in [4.78, 5) is 33.2. The normalized spacial score (nSPS) is 10.6. The van der Waals surface area contributed by atoms with Gasteiger partial charge in [0, 0.05) is 12.2 Å². The van der Waals surface area contributed by atoms with Crippen molar-refractivity contribution in [2.45, 2.75) is 32.9 Å². The lowest BCUT2D eigenvalue weighted by Gasteiger charge is -2.19. The van der Waals surface area contributed by atoms with Crippen LogP contribution in [0.2, 0.25) is 0 Å². The average molecular weight is 323 g/mol. The molecule has 0 fully saturated rings. The highest BCUT2D eigenvalue weighted by Gasteiger charge is 2.16. The van der Waals surface area contributed by atoms with E-state index in [1.165, 1.54) is 0 Å². The van der Waals surface area contributed by atoms with E-state index in [4.69, 9.17) is 9.84 Å². The average Bonchev–Trinajstić information content (AvgIpc) is 2.42. The standard InChI is InChI=1S/C15H21N3O5/c1-15(2,3)23-14(22)18-11-6-4-10(5-7-11)8-16-13(21)17-9-12(19)20/h4-7H,8-9H2,1-3H3,(H,18,22)(H,19,20)(H2,16,17,21). The third-order valence-electron chi connectivity index (χ3n) is 2.45. The van der Waals surface area contributed by atoms with Gasteiger partial charge in [0.15, 0.2) is 0 Å². The van der Waals surface area contributed by atoms with E-state index in [-0.39, 0.29) is 6.54 Å². The number of ether oxygens (including phenoxy) is 1. The minimum Gasteiger partial charge on any atom is -0.480 e.